The number of carbonyl (C=O) groups is 1. The van der Waals surface area contributed by atoms with E-state index >= 15 is 0 Å². The van der Waals surface area contributed by atoms with E-state index in [1.807, 2.05) is 13.8 Å². The van der Waals surface area contributed by atoms with Crippen LogP contribution in [0.1, 0.15) is 106 Å². The third-order valence-electron chi connectivity index (χ3n) is 17.2. The van der Waals surface area contributed by atoms with Gasteiger partial charge in [-0.05, 0) is 104 Å². The van der Waals surface area contributed by atoms with Crippen LogP contribution >= 0.6 is 0 Å². The highest BCUT2D eigenvalue weighted by atomic mass is 16.7. The lowest BCUT2D eigenvalue weighted by atomic mass is 9.33. The summed E-state index contributed by atoms with van der Waals surface area (Å²) >= 11 is 0. The summed E-state index contributed by atoms with van der Waals surface area (Å²) in [6.45, 7) is 14.8. The molecule has 0 aromatic heterocycles. The van der Waals surface area contributed by atoms with Gasteiger partial charge in [0.2, 0.25) is 6.29 Å². The molecule has 13 heteroatoms. The van der Waals surface area contributed by atoms with Gasteiger partial charge in [-0.1, -0.05) is 53.2 Å². The Morgan fingerprint density at radius 3 is 2.19 bits per heavy atom. The smallest absolute Gasteiger partial charge is 0.315 e. The normalized spacial score (nSPS) is 55.6. The van der Waals surface area contributed by atoms with E-state index in [0.717, 1.165) is 37.7 Å². The first kappa shape index (κ1) is 40.9. The number of ether oxygens (including phenoxy) is 4. The minimum absolute atomic E-state index is 0.0674. The molecule has 7 aliphatic rings. The van der Waals surface area contributed by atoms with Gasteiger partial charge < -0.3 is 59.8 Å². The number of aliphatic hydroxyl groups excluding tert-OH is 7. The van der Waals surface area contributed by atoms with Gasteiger partial charge in [-0.2, -0.15) is 0 Å². The molecule has 0 bridgehead atoms. The summed E-state index contributed by atoms with van der Waals surface area (Å²) in [6.07, 6.45) is -4.04. The summed E-state index contributed by atoms with van der Waals surface area (Å²) in [5.41, 5.74) is -2.15. The van der Waals surface area contributed by atoms with Crippen molar-refractivity contribution < 1.29 is 64.6 Å². The lowest BCUT2D eigenvalue weighted by Crippen LogP contribution is -2.68. The molecule has 5 aliphatic carbocycles. The van der Waals surface area contributed by atoms with Gasteiger partial charge in [0.05, 0.1) is 30.3 Å². The SMILES string of the molecule is C[C@@H]1CC[C@]2(C(=O)O[C@@H]3O[C@H](CO)[C@@H](O)[C@H](O)[C@H]3O)CC[C@]3(C)C(=CC[C@@H]4[C@@]5(C)CC[C@H](O[C@@H]6OC[C@@H](O)[C@H](O)[C@H]6O)C(C)(C)[C@@H]5CC[C@]43C)[C@@H]2[C@]1(C)O. The van der Waals surface area contributed by atoms with E-state index in [1.54, 1.807) is 0 Å². The minimum atomic E-state index is -1.72. The zero-order chi connectivity index (χ0) is 39.6. The average molecular weight is 767 g/mol. The van der Waals surface area contributed by atoms with Gasteiger partial charge in [-0.25, -0.2) is 0 Å². The average Bonchev–Trinajstić information content (AvgIpc) is 3.11. The second kappa shape index (κ2) is 13.7. The van der Waals surface area contributed by atoms with Crippen LogP contribution < -0.4 is 0 Å². The van der Waals surface area contributed by atoms with Crippen LogP contribution in [0.15, 0.2) is 11.6 Å². The van der Waals surface area contributed by atoms with Crippen LogP contribution in [0.3, 0.4) is 0 Å². The van der Waals surface area contributed by atoms with Gasteiger partial charge >= 0.3 is 5.97 Å². The maximum atomic E-state index is 14.6. The van der Waals surface area contributed by atoms with Crippen molar-refractivity contribution in [2.75, 3.05) is 13.2 Å². The molecule has 0 radical (unpaired) electrons. The molecule has 2 heterocycles. The third-order valence-corrected chi connectivity index (χ3v) is 17.2. The Balaban J connectivity index is 1.19. The molecule has 0 aromatic rings. The summed E-state index contributed by atoms with van der Waals surface area (Å²) in [7, 11) is 0. The number of aliphatic hydroxyl groups is 8. The Kier molecular flexibility index (Phi) is 10.4. The van der Waals surface area contributed by atoms with Crippen LogP contribution in [-0.2, 0) is 23.7 Å². The van der Waals surface area contributed by atoms with E-state index in [-0.39, 0.29) is 46.2 Å². The number of allylic oxidation sites excluding steroid dienone is 1. The molecule has 0 spiro atoms. The van der Waals surface area contributed by atoms with Crippen molar-refractivity contribution in [1.82, 2.24) is 0 Å². The van der Waals surface area contributed by atoms with Crippen LogP contribution in [0.25, 0.3) is 0 Å². The summed E-state index contributed by atoms with van der Waals surface area (Å²) in [5.74, 6) is -0.699. The van der Waals surface area contributed by atoms with E-state index in [0.29, 0.717) is 31.6 Å². The van der Waals surface area contributed by atoms with E-state index in [2.05, 4.69) is 40.7 Å². The second-order valence-electron chi connectivity index (χ2n) is 19.9. The monoisotopic (exact) mass is 766 g/mol. The van der Waals surface area contributed by atoms with Crippen molar-refractivity contribution in [2.45, 2.75) is 173 Å². The lowest BCUT2D eigenvalue weighted by molar-refractivity contribution is -0.308. The Labute approximate surface area is 319 Å². The first-order valence-corrected chi connectivity index (χ1v) is 20.4. The Hall–Kier alpha value is -1.23. The minimum Gasteiger partial charge on any atom is -0.432 e. The van der Waals surface area contributed by atoms with Crippen LogP contribution in [0.5, 0.6) is 0 Å². The van der Waals surface area contributed by atoms with Crippen molar-refractivity contribution in [3.05, 3.63) is 11.6 Å². The molecule has 0 unspecified atom stereocenters. The fourth-order valence-corrected chi connectivity index (χ4v) is 13.5. The molecule has 8 N–H and O–H groups in total. The molecule has 2 saturated heterocycles. The highest BCUT2D eigenvalue weighted by molar-refractivity contribution is 5.79. The molecule has 19 atom stereocenters. The Morgan fingerprint density at radius 2 is 1.50 bits per heavy atom. The van der Waals surface area contributed by atoms with Gasteiger partial charge in [-0.3, -0.25) is 4.79 Å². The number of fused-ring (bicyclic) bond motifs is 7. The van der Waals surface area contributed by atoms with Crippen LogP contribution in [0.4, 0.5) is 0 Å². The number of hydrogen-bond donors (Lipinski definition) is 8. The Bertz CT molecular complexity index is 1470. The number of esters is 1. The number of hydrogen-bond acceptors (Lipinski definition) is 13. The standard InChI is InChI=1S/C41H66O13/c1-20-10-15-41(35(49)54-34-31(48)29(46)28(45)23(18-42)52-34)17-16-38(5)21(32(41)40(20,7)50)8-9-25-37(4)13-12-26(36(2,3)24(37)11-14-39(25,38)6)53-33-30(47)27(44)22(43)19-51-33/h8,20,22-34,42-48,50H,9-19H2,1-7H3/t20-,22-,23-,24+,25-,26+,27+,28-,29+,30-,31-,32-,33+,34+,37+,38-,39-,40-,41+/m1/s1. The highest BCUT2D eigenvalue weighted by Crippen LogP contribution is 2.76. The molecular weight excluding hydrogens is 700 g/mol. The van der Waals surface area contributed by atoms with E-state index in [4.69, 9.17) is 18.9 Å². The molecule has 308 valence electrons. The van der Waals surface area contributed by atoms with Crippen molar-refractivity contribution in [2.24, 2.45) is 50.7 Å². The van der Waals surface area contributed by atoms with Gasteiger partial charge in [0.15, 0.2) is 6.29 Å². The first-order valence-electron chi connectivity index (χ1n) is 20.4. The van der Waals surface area contributed by atoms with Crippen molar-refractivity contribution >= 4 is 5.97 Å². The van der Waals surface area contributed by atoms with Gasteiger partial charge in [0.25, 0.3) is 0 Å². The lowest BCUT2D eigenvalue weighted by Gasteiger charge is -2.72. The maximum absolute atomic E-state index is 14.6. The fourth-order valence-electron chi connectivity index (χ4n) is 13.5. The van der Waals surface area contributed by atoms with Crippen LogP contribution in [-0.4, -0.2) is 127 Å². The third kappa shape index (κ3) is 5.68. The van der Waals surface area contributed by atoms with Crippen molar-refractivity contribution in [3.8, 4) is 0 Å². The van der Waals surface area contributed by atoms with E-state index in [9.17, 15) is 45.6 Å². The van der Waals surface area contributed by atoms with Crippen molar-refractivity contribution in [1.29, 1.82) is 0 Å². The predicted molar refractivity (Wildman–Crippen MR) is 193 cm³/mol. The molecular formula is C41H66O13. The predicted octanol–water partition coefficient (Wildman–Crippen LogP) is 1.93. The number of carbonyl (C=O) groups excluding carboxylic acids is 1. The van der Waals surface area contributed by atoms with E-state index < -0.39 is 84.8 Å². The van der Waals surface area contributed by atoms with Crippen LogP contribution in [0, 0.1) is 50.7 Å². The molecule has 0 aromatic carbocycles. The van der Waals surface area contributed by atoms with Gasteiger partial charge in [-0.15, -0.1) is 0 Å². The van der Waals surface area contributed by atoms with Gasteiger partial charge in [0.1, 0.15) is 42.7 Å². The topological polar surface area (TPSA) is 216 Å². The molecule has 7 rings (SSSR count). The summed E-state index contributed by atoms with van der Waals surface area (Å²) in [4.78, 5) is 14.6. The molecule has 0 amide bonds. The molecule has 54 heavy (non-hydrogen) atoms. The van der Waals surface area contributed by atoms with Crippen LogP contribution in [0.2, 0.25) is 0 Å². The zero-order valence-electron chi connectivity index (χ0n) is 33.1. The van der Waals surface area contributed by atoms with E-state index in [1.165, 1.54) is 0 Å². The summed E-state index contributed by atoms with van der Waals surface area (Å²) < 4.78 is 23.7. The number of rotatable bonds is 5. The second-order valence-corrected chi connectivity index (χ2v) is 19.9. The fraction of sp³-hybridized carbons (Fsp3) is 0.927. The maximum Gasteiger partial charge on any atom is 0.315 e. The molecule has 6 fully saturated rings. The zero-order valence-corrected chi connectivity index (χ0v) is 33.1. The molecule has 13 nitrogen and oxygen atoms in total. The Morgan fingerprint density at radius 1 is 0.815 bits per heavy atom. The summed E-state index contributed by atoms with van der Waals surface area (Å²) in [6, 6.07) is 0. The van der Waals surface area contributed by atoms with Gasteiger partial charge in [0, 0.05) is 5.92 Å². The largest absolute Gasteiger partial charge is 0.432 e. The summed E-state index contributed by atoms with van der Waals surface area (Å²) in [5, 5.41) is 84.8. The molecule has 2 aliphatic heterocycles. The molecule has 4 saturated carbocycles. The highest BCUT2D eigenvalue weighted by Gasteiger charge is 2.72. The first-order chi connectivity index (χ1) is 25.1. The quantitative estimate of drug-likeness (QED) is 0.114. The van der Waals surface area contributed by atoms with Crippen molar-refractivity contribution in [3.63, 3.8) is 0 Å².